The molecule has 270 valence electrons. The van der Waals surface area contributed by atoms with Gasteiger partial charge in [-0.15, -0.1) is 0 Å². The topological polar surface area (TPSA) is 110 Å². The van der Waals surface area contributed by atoms with Crippen LogP contribution in [-0.2, 0) is 16.0 Å². The number of nitrogens with zero attached hydrogens (tertiary/aromatic N) is 3. The second kappa shape index (κ2) is 15.9. The number of Topliss-reactive ketones (excluding diaryl/α,β-unsaturated/α-hetero) is 1. The highest BCUT2D eigenvalue weighted by Crippen LogP contribution is 2.41. The highest BCUT2D eigenvalue weighted by molar-refractivity contribution is 5.99. The number of ether oxygens (including phenoxy) is 1. The average Bonchev–Trinajstić information content (AvgIpc) is 3.10. The van der Waals surface area contributed by atoms with Crippen molar-refractivity contribution in [2.24, 2.45) is 29.6 Å². The Hall–Kier alpha value is -4.33. The molecule has 1 aliphatic heterocycles. The lowest BCUT2D eigenvalue weighted by Crippen LogP contribution is -2.55. The maximum atomic E-state index is 13.6. The number of likely N-dealkylation sites (tertiary alicyclic amines) is 1. The van der Waals surface area contributed by atoms with Crippen molar-refractivity contribution < 1.29 is 24.2 Å². The molecule has 0 spiro atoms. The fraction of sp³-hybridized carbons (Fsp3) is 0.512. The lowest BCUT2D eigenvalue weighted by atomic mass is 9.71. The Morgan fingerprint density at radius 3 is 2.12 bits per heavy atom. The number of ketones is 1. The van der Waals surface area contributed by atoms with Crippen molar-refractivity contribution in [2.45, 2.75) is 97.5 Å². The van der Waals surface area contributed by atoms with Crippen molar-refractivity contribution in [3.63, 3.8) is 0 Å². The Bertz CT molecular complexity index is 1690. The van der Waals surface area contributed by atoms with Crippen LogP contribution in [0, 0.1) is 29.6 Å². The van der Waals surface area contributed by atoms with Gasteiger partial charge in [0.25, 0.3) is 0 Å². The molecule has 1 saturated heterocycles. The molecule has 0 radical (unpaired) electrons. The Morgan fingerprint density at radius 2 is 1.55 bits per heavy atom. The molecule has 2 aliphatic carbocycles. The molecule has 1 N–H and O–H groups in total. The zero-order chi connectivity index (χ0) is 36.1. The fourth-order valence-corrected chi connectivity index (χ4v) is 8.05. The number of carboxylic acid groups (broad SMARTS) is 1. The van der Waals surface area contributed by atoms with Gasteiger partial charge in [0.05, 0.1) is 5.92 Å². The second-order valence-corrected chi connectivity index (χ2v) is 16.0. The minimum atomic E-state index is -0.904. The second-order valence-electron chi connectivity index (χ2n) is 16.0. The van der Waals surface area contributed by atoms with Crippen LogP contribution in [0.3, 0.4) is 0 Å². The summed E-state index contributed by atoms with van der Waals surface area (Å²) in [6, 6.07) is 14.9. The quantitative estimate of drug-likeness (QED) is 0.189. The zero-order valence-corrected chi connectivity index (χ0v) is 30.6. The number of aliphatic carboxylic acids is 1. The van der Waals surface area contributed by atoms with Crippen LogP contribution in [0.5, 0.6) is 5.75 Å². The van der Waals surface area contributed by atoms with Gasteiger partial charge >= 0.3 is 5.97 Å². The third-order valence-electron chi connectivity index (χ3n) is 11.2. The van der Waals surface area contributed by atoms with E-state index in [1.165, 1.54) is 44.1 Å². The van der Waals surface area contributed by atoms with Crippen LogP contribution < -0.4 is 4.74 Å². The summed E-state index contributed by atoms with van der Waals surface area (Å²) in [6.45, 7) is 8.55. The summed E-state index contributed by atoms with van der Waals surface area (Å²) in [4.78, 5) is 49.4. The lowest BCUT2D eigenvalue weighted by molar-refractivity contribution is -0.154. The van der Waals surface area contributed by atoms with Crippen molar-refractivity contribution in [3.05, 3.63) is 83.7 Å². The van der Waals surface area contributed by atoms with E-state index in [4.69, 9.17) is 14.7 Å². The first-order valence-corrected chi connectivity index (χ1v) is 18.9. The fourth-order valence-electron chi connectivity index (χ4n) is 8.05. The monoisotopic (exact) mass is 691 g/mol. The predicted molar refractivity (Wildman–Crippen MR) is 199 cm³/mol. The maximum absolute atomic E-state index is 13.6. The van der Waals surface area contributed by atoms with Gasteiger partial charge < -0.3 is 14.7 Å². The van der Waals surface area contributed by atoms with Crippen LogP contribution in [0.4, 0.5) is 0 Å². The molecule has 3 aromatic rings. The minimum absolute atomic E-state index is 0.0233. The standard InChI is InChI=1S/C43H53N3O5/c1-5-28-6-10-30(11-7-28)31-14-16-32(17-15-31)36-24-44-40(45-25-36)34-12-8-29(9-13-34)22-35(41(48)46-26-37(27-46)42(49)50)23-39(47)33-18-20-38(21-19-33)51-43(2,3)4/h8-9,12-13,16,18-21,24-25,28,30-31,35,37H,5-7,10-11,14-15,17,22-23,26-27H2,1-4H3,(H,49,50)/t28?,30?,31?,35-/m1/s1. The normalized spacial score (nSPS) is 21.7. The molecular formula is C43H53N3O5. The summed E-state index contributed by atoms with van der Waals surface area (Å²) < 4.78 is 5.89. The van der Waals surface area contributed by atoms with E-state index in [2.05, 4.69) is 13.0 Å². The summed E-state index contributed by atoms with van der Waals surface area (Å²) in [6.07, 6.45) is 17.1. The van der Waals surface area contributed by atoms with Gasteiger partial charge in [-0.05, 0) is 112 Å². The van der Waals surface area contributed by atoms with Crippen molar-refractivity contribution >= 4 is 23.2 Å². The molecule has 51 heavy (non-hydrogen) atoms. The Morgan fingerprint density at radius 1 is 0.882 bits per heavy atom. The first-order chi connectivity index (χ1) is 24.5. The van der Waals surface area contributed by atoms with Gasteiger partial charge in [-0.1, -0.05) is 56.5 Å². The first kappa shape index (κ1) is 36.5. The Labute approximate surface area is 302 Å². The van der Waals surface area contributed by atoms with E-state index < -0.39 is 17.8 Å². The molecule has 1 amide bonds. The van der Waals surface area contributed by atoms with Crippen molar-refractivity contribution in [3.8, 4) is 17.1 Å². The molecule has 1 saturated carbocycles. The molecule has 2 aromatic carbocycles. The van der Waals surface area contributed by atoms with Crippen LogP contribution in [0.15, 0.2) is 67.0 Å². The number of allylic oxidation sites excluding steroid dienone is 2. The van der Waals surface area contributed by atoms with E-state index in [0.717, 1.165) is 47.3 Å². The molecular weight excluding hydrogens is 638 g/mol. The predicted octanol–water partition coefficient (Wildman–Crippen LogP) is 8.70. The van der Waals surface area contributed by atoms with E-state index in [1.807, 2.05) is 57.4 Å². The molecule has 2 atom stereocenters. The van der Waals surface area contributed by atoms with E-state index in [1.54, 1.807) is 29.2 Å². The zero-order valence-electron chi connectivity index (χ0n) is 30.6. The highest BCUT2D eigenvalue weighted by atomic mass is 16.5. The number of hydrogen-bond acceptors (Lipinski definition) is 6. The van der Waals surface area contributed by atoms with Crippen molar-refractivity contribution in [2.75, 3.05) is 13.1 Å². The third kappa shape index (κ3) is 9.32. The van der Waals surface area contributed by atoms with Crippen LogP contribution in [0.2, 0.25) is 0 Å². The maximum Gasteiger partial charge on any atom is 0.310 e. The first-order valence-electron chi connectivity index (χ1n) is 18.9. The number of amides is 1. The molecule has 3 aliphatic rings. The number of hydrogen-bond donors (Lipinski definition) is 1. The van der Waals surface area contributed by atoms with Gasteiger partial charge in [-0.3, -0.25) is 14.4 Å². The van der Waals surface area contributed by atoms with Gasteiger partial charge in [0.2, 0.25) is 5.91 Å². The summed E-state index contributed by atoms with van der Waals surface area (Å²) in [7, 11) is 0. The van der Waals surface area contributed by atoms with Crippen molar-refractivity contribution in [1.29, 1.82) is 0 Å². The number of carbonyl (C=O) groups is 3. The van der Waals surface area contributed by atoms with Gasteiger partial charge in [0, 0.05) is 54.5 Å². The Balaban J connectivity index is 1.08. The van der Waals surface area contributed by atoms with E-state index >= 15 is 0 Å². The molecule has 8 heteroatoms. The van der Waals surface area contributed by atoms with Crippen LogP contribution in [0.1, 0.15) is 107 Å². The summed E-state index contributed by atoms with van der Waals surface area (Å²) in [5.74, 6) is 1.54. The SMILES string of the molecule is CCC1CCC(C2CC=C(c3cnc(-c4ccc(C[C@H](CC(=O)c5ccc(OC(C)(C)C)cc5)C(=O)N5CC(C(=O)O)C5)cc4)nc3)CC2)CC1. The third-order valence-corrected chi connectivity index (χ3v) is 11.2. The smallest absolute Gasteiger partial charge is 0.310 e. The summed E-state index contributed by atoms with van der Waals surface area (Å²) in [5, 5.41) is 9.35. The Kier molecular flexibility index (Phi) is 11.4. The average molecular weight is 692 g/mol. The van der Waals surface area contributed by atoms with Gasteiger partial charge in [-0.25, -0.2) is 9.97 Å². The molecule has 2 heterocycles. The van der Waals surface area contributed by atoms with Crippen molar-refractivity contribution in [1.82, 2.24) is 14.9 Å². The molecule has 1 aromatic heterocycles. The largest absolute Gasteiger partial charge is 0.488 e. The molecule has 2 fully saturated rings. The highest BCUT2D eigenvalue weighted by Gasteiger charge is 2.39. The molecule has 1 unspecified atom stereocenters. The number of carbonyl (C=O) groups excluding carboxylic acids is 2. The number of rotatable bonds is 12. The van der Waals surface area contributed by atoms with Crippen LogP contribution in [0.25, 0.3) is 17.0 Å². The molecule has 6 rings (SSSR count). The number of carboxylic acids is 1. The van der Waals surface area contributed by atoms with Gasteiger partial charge in [-0.2, -0.15) is 0 Å². The van der Waals surface area contributed by atoms with Crippen LogP contribution >= 0.6 is 0 Å². The lowest BCUT2D eigenvalue weighted by Gasteiger charge is -2.38. The summed E-state index contributed by atoms with van der Waals surface area (Å²) >= 11 is 0. The van der Waals surface area contributed by atoms with E-state index in [0.29, 0.717) is 23.6 Å². The number of aromatic nitrogens is 2. The minimum Gasteiger partial charge on any atom is -0.488 e. The van der Waals surface area contributed by atoms with E-state index in [9.17, 15) is 19.5 Å². The molecule has 0 bridgehead atoms. The van der Waals surface area contributed by atoms with Crippen LogP contribution in [-0.4, -0.2) is 56.3 Å². The number of benzene rings is 2. The van der Waals surface area contributed by atoms with E-state index in [-0.39, 0.29) is 36.8 Å². The van der Waals surface area contributed by atoms with Gasteiger partial charge in [0.1, 0.15) is 11.4 Å². The molecule has 8 nitrogen and oxygen atoms in total. The summed E-state index contributed by atoms with van der Waals surface area (Å²) in [5.41, 5.74) is 4.40. The van der Waals surface area contributed by atoms with Gasteiger partial charge in [0.15, 0.2) is 11.6 Å².